The highest BCUT2D eigenvalue weighted by Crippen LogP contribution is 2.11. The second-order valence-electron chi connectivity index (χ2n) is 4.13. The Balaban J connectivity index is 2.54. The lowest BCUT2D eigenvalue weighted by atomic mass is 10.1. The number of aliphatic hydroxyl groups is 1. The topological polar surface area (TPSA) is 92.5 Å². The van der Waals surface area contributed by atoms with Gasteiger partial charge >= 0.3 is 0 Å². The largest absolute Gasteiger partial charge is 0.396 e. The minimum atomic E-state index is -0.509. The lowest BCUT2D eigenvalue weighted by Gasteiger charge is -2.10. The highest BCUT2D eigenvalue weighted by Gasteiger charge is 2.10. The predicted octanol–water partition coefficient (Wildman–Crippen LogP) is 1.34. The van der Waals surface area contributed by atoms with E-state index in [0.717, 1.165) is 0 Å². The Kier molecular flexibility index (Phi) is 5.26. The first-order chi connectivity index (χ1) is 8.54. The van der Waals surface area contributed by atoms with Crippen LogP contribution in [0.15, 0.2) is 24.3 Å². The molecular weight excluding hydrogens is 236 g/mol. The SMILES string of the molecule is CC(CCO)CNC(=O)c1ccc([N+](=O)[O-])cc1. The first kappa shape index (κ1) is 14.1. The van der Waals surface area contributed by atoms with Crippen LogP contribution in [-0.4, -0.2) is 29.1 Å². The smallest absolute Gasteiger partial charge is 0.269 e. The summed E-state index contributed by atoms with van der Waals surface area (Å²) >= 11 is 0. The predicted molar refractivity (Wildman–Crippen MR) is 66.3 cm³/mol. The van der Waals surface area contributed by atoms with E-state index in [0.29, 0.717) is 18.5 Å². The molecule has 1 rings (SSSR count). The monoisotopic (exact) mass is 252 g/mol. The number of nitro groups is 1. The summed E-state index contributed by atoms with van der Waals surface area (Å²) in [7, 11) is 0. The molecule has 0 saturated heterocycles. The molecule has 98 valence electrons. The van der Waals surface area contributed by atoms with Gasteiger partial charge in [-0.05, 0) is 24.5 Å². The fourth-order valence-electron chi connectivity index (χ4n) is 1.43. The van der Waals surface area contributed by atoms with Gasteiger partial charge in [-0.1, -0.05) is 6.92 Å². The van der Waals surface area contributed by atoms with Crippen LogP contribution in [0.4, 0.5) is 5.69 Å². The Bertz CT molecular complexity index is 417. The summed E-state index contributed by atoms with van der Waals surface area (Å²) in [6.45, 7) is 2.48. The number of benzene rings is 1. The molecule has 1 atom stereocenters. The molecule has 0 aromatic heterocycles. The van der Waals surface area contributed by atoms with Crippen LogP contribution in [0.3, 0.4) is 0 Å². The van der Waals surface area contributed by atoms with Crippen molar-refractivity contribution in [3.05, 3.63) is 39.9 Å². The number of rotatable bonds is 6. The Labute approximate surface area is 105 Å². The average molecular weight is 252 g/mol. The molecule has 18 heavy (non-hydrogen) atoms. The minimum Gasteiger partial charge on any atom is -0.396 e. The van der Waals surface area contributed by atoms with E-state index in [1.807, 2.05) is 6.92 Å². The number of non-ortho nitro benzene ring substituents is 1. The van der Waals surface area contributed by atoms with Crippen LogP contribution in [0.25, 0.3) is 0 Å². The van der Waals surface area contributed by atoms with Crippen molar-refractivity contribution in [1.82, 2.24) is 5.32 Å². The summed E-state index contributed by atoms with van der Waals surface area (Å²) in [5.74, 6) is -0.0771. The Morgan fingerprint density at radius 1 is 1.44 bits per heavy atom. The molecule has 2 N–H and O–H groups in total. The van der Waals surface area contributed by atoms with Crippen molar-refractivity contribution in [2.45, 2.75) is 13.3 Å². The molecule has 1 amide bonds. The van der Waals surface area contributed by atoms with Crippen LogP contribution in [0.5, 0.6) is 0 Å². The van der Waals surface area contributed by atoms with E-state index < -0.39 is 4.92 Å². The van der Waals surface area contributed by atoms with Gasteiger partial charge in [0.2, 0.25) is 0 Å². The zero-order chi connectivity index (χ0) is 13.5. The van der Waals surface area contributed by atoms with Crippen molar-refractivity contribution in [2.75, 3.05) is 13.2 Å². The van der Waals surface area contributed by atoms with E-state index >= 15 is 0 Å². The van der Waals surface area contributed by atoms with Crippen molar-refractivity contribution in [3.8, 4) is 0 Å². The van der Waals surface area contributed by atoms with Crippen molar-refractivity contribution in [3.63, 3.8) is 0 Å². The van der Waals surface area contributed by atoms with Gasteiger partial charge in [-0.3, -0.25) is 14.9 Å². The van der Waals surface area contributed by atoms with Gasteiger partial charge in [-0.25, -0.2) is 0 Å². The number of carbonyl (C=O) groups is 1. The zero-order valence-corrected chi connectivity index (χ0v) is 10.1. The first-order valence-electron chi connectivity index (χ1n) is 5.68. The maximum Gasteiger partial charge on any atom is 0.269 e. The van der Waals surface area contributed by atoms with E-state index in [2.05, 4.69) is 5.32 Å². The number of hydrogen-bond donors (Lipinski definition) is 2. The molecule has 1 aromatic carbocycles. The Morgan fingerprint density at radius 2 is 2.06 bits per heavy atom. The Hall–Kier alpha value is -1.95. The molecule has 0 bridgehead atoms. The molecular formula is C12H16N2O4. The van der Waals surface area contributed by atoms with E-state index in [4.69, 9.17) is 5.11 Å². The van der Waals surface area contributed by atoms with Crippen LogP contribution in [-0.2, 0) is 0 Å². The average Bonchev–Trinajstić information content (AvgIpc) is 2.36. The summed E-state index contributed by atoms with van der Waals surface area (Å²) in [5, 5.41) is 21.9. The van der Waals surface area contributed by atoms with Gasteiger partial charge in [0.25, 0.3) is 11.6 Å². The van der Waals surface area contributed by atoms with Gasteiger partial charge in [-0.2, -0.15) is 0 Å². The van der Waals surface area contributed by atoms with Gasteiger partial charge in [0.1, 0.15) is 0 Å². The normalized spacial score (nSPS) is 11.9. The molecule has 0 saturated carbocycles. The maximum atomic E-state index is 11.7. The summed E-state index contributed by atoms with van der Waals surface area (Å²) < 4.78 is 0. The quantitative estimate of drug-likeness (QED) is 0.590. The van der Waals surface area contributed by atoms with Gasteiger partial charge < -0.3 is 10.4 Å². The van der Waals surface area contributed by atoms with Gasteiger partial charge in [0.05, 0.1) is 4.92 Å². The molecule has 0 aliphatic rings. The number of nitro benzene ring substituents is 1. The third kappa shape index (κ3) is 4.14. The number of carbonyl (C=O) groups excluding carboxylic acids is 1. The Morgan fingerprint density at radius 3 is 2.56 bits per heavy atom. The third-order valence-electron chi connectivity index (χ3n) is 2.57. The van der Waals surface area contributed by atoms with Crippen LogP contribution < -0.4 is 5.32 Å². The number of hydrogen-bond acceptors (Lipinski definition) is 4. The molecule has 6 nitrogen and oxygen atoms in total. The van der Waals surface area contributed by atoms with E-state index in [-0.39, 0.29) is 24.1 Å². The van der Waals surface area contributed by atoms with E-state index in [1.54, 1.807) is 0 Å². The number of nitrogens with zero attached hydrogens (tertiary/aromatic N) is 1. The minimum absolute atomic E-state index is 0.0415. The fourth-order valence-corrected chi connectivity index (χ4v) is 1.43. The van der Waals surface area contributed by atoms with E-state index in [1.165, 1.54) is 24.3 Å². The first-order valence-corrected chi connectivity index (χ1v) is 5.68. The van der Waals surface area contributed by atoms with Gasteiger partial charge in [0, 0.05) is 30.8 Å². The lowest BCUT2D eigenvalue weighted by molar-refractivity contribution is -0.384. The second-order valence-corrected chi connectivity index (χ2v) is 4.13. The third-order valence-corrected chi connectivity index (χ3v) is 2.57. The number of nitrogens with one attached hydrogen (secondary N) is 1. The summed E-state index contributed by atoms with van der Waals surface area (Å²) in [6, 6.07) is 5.44. The summed E-state index contributed by atoms with van der Waals surface area (Å²) in [4.78, 5) is 21.6. The maximum absolute atomic E-state index is 11.7. The van der Waals surface area contributed by atoms with Crippen molar-refractivity contribution in [2.24, 2.45) is 5.92 Å². The summed E-state index contributed by atoms with van der Waals surface area (Å²) in [6.07, 6.45) is 0.626. The van der Waals surface area contributed by atoms with Crippen LogP contribution in [0, 0.1) is 16.0 Å². The van der Waals surface area contributed by atoms with Crippen LogP contribution in [0.1, 0.15) is 23.7 Å². The lowest BCUT2D eigenvalue weighted by Crippen LogP contribution is -2.28. The highest BCUT2D eigenvalue weighted by molar-refractivity contribution is 5.94. The standard InChI is InChI=1S/C12H16N2O4/c1-9(6-7-15)8-13-12(16)10-2-4-11(5-3-10)14(17)18/h2-5,9,15H,6-8H2,1H3,(H,13,16). The molecule has 0 spiro atoms. The zero-order valence-electron chi connectivity index (χ0n) is 10.1. The van der Waals surface area contributed by atoms with Crippen molar-refractivity contribution >= 4 is 11.6 Å². The second kappa shape index (κ2) is 6.70. The summed E-state index contributed by atoms with van der Waals surface area (Å²) in [5.41, 5.74) is 0.344. The van der Waals surface area contributed by atoms with Gasteiger partial charge in [0.15, 0.2) is 0 Å². The van der Waals surface area contributed by atoms with Crippen LogP contribution >= 0.6 is 0 Å². The molecule has 0 aliphatic heterocycles. The molecule has 0 aliphatic carbocycles. The highest BCUT2D eigenvalue weighted by atomic mass is 16.6. The molecule has 0 heterocycles. The van der Waals surface area contributed by atoms with Crippen LogP contribution in [0.2, 0.25) is 0 Å². The molecule has 0 fully saturated rings. The van der Waals surface area contributed by atoms with E-state index in [9.17, 15) is 14.9 Å². The molecule has 6 heteroatoms. The number of aliphatic hydroxyl groups excluding tert-OH is 1. The van der Waals surface area contributed by atoms with Crippen molar-refractivity contribution in [1.29, 1.82) is 0 Å². The molecule has 0 radical (unpaired) electrons. The number of amides is 1. The molecule has 1 unspecified atom stereocenters. The van der Waals surface area contributed by atoms with Crippen molar-refractivity contribution < 1.29 is 14.8 Å². The fraction of sp³-hybridized carbons (Fsp3) is 0.417. The molecule has 1 aromatic rings. The van der Waals surface area contributed by atoms with Gasteiger partial charge in [-0.15, -0.1) is 0 Å².